The van der Waals surface area contributed by atoms with Gasteiger partial charge in [0.05, 0.1) is 12.6 Å². The summed E-state index contributed by atoms with van der Waals surface area (Å²) in [6.07, 6.45) is 1.43. The Morgan fingerprint density at radius 3 is 2.84 bits per heavy atom. The van der Waals surface area contributed by atoms with E-state index in [-0.39, 0.29) is 24.3 Å². The molecule has 0 aliphatic carbocycles. The molecule has 132 valence electrons. The van der Waals surface area contributed by atoms with Gasteiger partial charge in [-0.15, -0.1) is 0 Å². The summed E-state index contributed by atoms with van der Waals surface area (Å²) in [5, 5.41) is 3.50. The second-order valence-corrected chi connectivity index (χ2v) is 6.41. The Morgan fingerprint density at radius 2 is 2.12 bits per heavy atom. The smallest absolute Gasteiger partial charge is 0.241 e. The quantitative estimate of drug-likeness (QED) is 0.905. The highest BCUT2D eigenvalue weighted by Crippen LogP contribution is 2.28. The monoisotopic (exact) mass is 363 g/mol. The first-order valence-corrected chi connectivity index (χ1v) is 8.35. The first kappa shape index (κ1) is 17.4. The summed E-state index contributed by atoms with van der Waals surface area (Å²) in [6, 6.07) is 5.98. The van der Waals surface area contributed by atoms with Gasteiger partial charge in [0.2, 0.25) is 5.91 Å². The summed E-state index contributed by atoms with van der Waals surface area (Å²) in [6.45, 7) is 3.44. The lowest BCUT2D eigenvalue weighted by molar-refractivity contribution is -0.129. The normalized spacial score (nSPS) is 16.1. The molecule has 0 radical (unpaired) electrons. The van der Waals surface area contributed by atoms with Crippen LogP contribution >= 0.6 is 11.6 Å². The van der Waals surface area contributed by atoms with E-state index in [0.717, 1.165) is 0 Å². The molecule has 0 bridgehead atoms. The largest absolute Gasteiger partial charge is 0.363 e. The zero-order valence-corrected chi connectivity index (χ0v) is 14.8. The van der Waals surface area contributed by atoms with Gasteiger partial charge in [-0.3, -0.25) is 4.79 Å². The van der Waals surface area contributed by atoms with Crippen molar-refractivity contribution in [2.45, 2.75) is 13.0 Å². The molecule has 0 spiro atoms. The maximum Gasteiger partial charge on any atom is 0.241 e. The van der Waals surface area contributed by atoms with Crippen molar-refractivity contribution in [3.05, 3.63) is 47.0 Å². The van der Waals surface area contributed by atoms with Crippen LogP contribution < -0.4 is 10.2 Å². The number of benzene rings is 1. The van der Waals surface area contributed by atoms with Crippen LogP contribution in [0.1, 0.15) is 18.5 Å². The van der Waals surface area contributed by atoms with Crippen molar-refractivity contribution in [2.24, 2.45) is 0 Å². The Kier molecular flexibility index (Phi) is 5.03. The molecule has 2 heterocycles. The van der Waals surface area contributed by atoms with E-state index in [4.69, 9.17) is 11.6 Å². The van der Waals surface area contributed by atoms with Gasteiger partial charge in [0, 0.05) is 36.8 Å². The zero-order valence-electron chi connectivity index (χ0n) is 14.0. The topological polar surface area (TPSA) is 61.4 Å². The summed E-state index contributed by atoms with van der Waals surface area (Å²) in [4.78, 5) is 23.9. The number of carbonyl (C=O) groups excluding carboxylic acids is 1. The van der Waals surface area contributed by atoms with Crippen LogP contribution in [-0.4, -0.2) is 47.5 Å². The van der Waals surface area contributed by atoms with Crippen LogP contribution in [0.3, 0.4) is 0 Å². The average Bonchev–Trinajstić information content (AvgIpc) is 2.57. The lowest BCUT2D eigenvalue weighted by atomic mass is 10.1. The highest BCUT2D eigenvalue weighted by atomic mass is 35.5. The predicted octanol–water partition coefficient (Wildman–Crippen LogP) is 2.72. The second-order valence-electron chi connectivity index (χ2n) is 6.00. The number of amides is 1. The maximum atomic E-state index is 14.0. The van der Waals surface area contributed by atoms with Crippen molar-refractivity contribution in [2.75, 3.05) is 36.9 Å². The van der Waals surface area contributed by atoms with Gasteiger partial charge in [-0.2, -0.15) is 0 Å². The number of aromatic nitrogens is 2. The zero-order chi connectivity index (χ0) is 18.0. The van der Waals surface area contributed by atoms with Gasteiger partial charge in [0.1, 0.15) is 23.8 Å². The van der Waals surface area contributed by atoms with Gasteiger partial charge >= 0.3 is 0 Å². The van der Waals surface area contributed by atoms with Crippen LogP contribution in [0.5, 0.6) is 0 Å². The molecule has 6 nitrogen and oxygen atoms in total. The van der Waals surface area contributed by atoms with E-state index in [1.165, 1.54) is 12.4 Å². The van der Waals surface area contributed by atoms with Gasteiger partial charge in [-0.05, 0) is 19.1 Å². The SMILES string of the molecule is CC(Nc1cc(N2CCN(C)C(=O)C2)ncn1)c1c(F)cccc1Cl. The third-order valence-electron chi connectivity index (χ3n) is 4.23. The molecule has 1 atom stereocenters. The van der Waals surface area contributed by atoms with Crippen LogP contribution in [0.4, 0.5) is 16.0 Å². The van der Waals surface area contributed by atoms with E-state index in [9.17, 15) is 9.18 Å². The molecule has 1 fully saturated rings. The molecule has 25 heavy (non-hydrogen) atoms. The lowest BCUT2D eigenvalue weighted by Crippen LogP contribution is -2.48. The Morgan fingerprint density at radius 1 is 1.32 bits per heavy atom. The summed E-state index contributed by atoms with van der Waals surface area (Å²) in [5.74, 6) is 0.881. The highest BCUT2D eigenvalue weighted by molar-refractivity contribution is 6.31. The molecule has 0 saturated carbocycles. The van der Waals surface area contributed by atoms with Gasteiger partial charge in [0.15, 0.2) is 0 Å². The number of hydrogen-bond donors (Lipinski definition) is 1. The molecule has 8 heteroatoms. The molecule has 1 aliphatic rings. The predicted molar refractivity (Wildman–Crippen MR) is 95.3 cm³/mol. The number of carbonyl (C=O) groups is 1. The third-order valence-corrected chi connectivity index (χ3v) is 4.56. The molecule has 1 saturated heterocycles. The number of nitrogens with one attached hydrogen (secondary N) is 1. The van der Waals surface area contributed by atoms with Crippen LogP contribution in [0, 0.1) is 5.82 Å². The van der Waals surface area contributed by atoms with Crippen molar-refractivity contribution < 1.29 is 9.18 Å². The summed E-state index contributed by atoms with van der Waals surface area (Å²) >= 11 is 6.11. The van der Waals surface area contributed by atoms with Crippen molar-refractivity contribution in [1.82, 2.24) is 14.9 Å². The van der Waals surface area contributed by atoms with Gasteiger partial charge in [-0.25, -0.2) is 14.4 Å². The van der Waals surface area contributed by atoms with Crippen LogP contribution in [0.2, 0.25) is 5.02 Å². The molecule has 1 aromatic carbocycles. The first-order chi connectivity index (χ1) is 12.0. The highest BCUT2D eigenvalue weighted by Gasteiger charge is 2.22. The molecule has 1 N–H and O–H groups in total. The summed E-state index contributed by atoms with van der Waals surface area (Å²) in [7, 11) is 1.78. The summed E-state index contributed by atoms with van der Waals surface area (Å²) < 4.78 is 14.0. The Hall–Kier alpha value is -2.41. The van der Waals surface area contributed by atoms with Crippen LogP contribution in [-0.2, 0) is 4.79 Å². The van der Waals surface area contributed by atoms with E-state index < -0.39 is 0 Å². The number of piperazine rings is 1. The average molecular weight is 364 g/mol. The fraction of sp³-hybridized carbons (Fsp3) is 0.353. The van der Waals surface area contributed by atoms with Crippen LogP contribution in [0.25, 0.3) is 0 Å². The van der Waals surface area contributed by atoms with Crippen molar-refractivity contribution in [1.29, 1.82) is 0 Å². The van der Waals surface area contributed by atoms with Gasteiger partial charge < -0.3 is 15.1 Å². The van der Waals surface area contributed by atoms with E-state index >= 15 is 0 Å². The van der Waals surface area contributed by atoms with Gasteiger partial charge in [0.25, 0.3) is 0 Å². The summed E-state index contributed by atoms with van der Waals surface area (Å²) in [5.41, 5.74) is 0.388. The molecular formula is C17H19ClFN5O. The fourth-order valence-electron chi connectivity index (χ4n) is 2.77. The molecule has 1 aliphatic heterocycles. The Labute approximate surface area is 150 Å². The first-order valence-electron chi connectivity index (χ1n) is 7.97. The van der Waals surface area contributed by atoms with Crippen molar-refractivity contribution in [3.8, 4) is 0 Å². The van der Waals surface area contributed by atoms with Crippen molar-refractivity contribution >= 4 is 29.1 Å². The lowest BCUT2D eigenvalue weighted by Gasteiger charge is -2.32. The van der Waals surface area contributed by atoms with E-state index in [1.807, 2.05) is 11.8 Å². The molecule has 1 aromatic heterocycles. The number of anilines is 2. The van der Waals surface area contributed by atoms with Gasteiger partial charge in [-0.1, -0.05) is 17.7 Å². The van der Waals surface area contributed by atoms with E-state index in [0.29, 0.717) is 35.3 Å². The number of likely N-dealkylation sites (N-methyl/N-ethyl adjacent to an activating group) is 1. The number of halogens is 2. The Bertz CT molecular complexity index is 767. The third kappa shape index (κ3) is 3.82. The van der Waals surface area contributed by atoms with E-state index in [1.54, 1.807) is 30.1 Å². The Balaban J connectivity index is 1.77. The molecule has 1 unspecified atom stereocenters. The molecule has 3 rings (SSSR count). The standard InChI is InChI=1S/C17H19ClFN5O/c1-11(17-12(18)4-3-5-13(17)19)22-14-8-15(21-10-20-14)24-7-6-23(2)16(25)9-24/h3-5,8,10-11H,6-7,9H2,1-2H3,(H,20,21,22). The number of rotatable bonds is 4. The van der Waals surface area contributed by atoms with E-state index in [2.05, 4.69) is 15.3 Å². The minimum Gasteiger partial charge on any atom is -0.363 e. The fourth-order valence-corrected chi connectivity index (χ4v) is 3.10. The number of nitrogens with zero attached hydrogens (tertiary/aromatic N) is 4. The minimum atomic E-state index is -0.370. The second kappa shape index (κ2) is 7.23. The minimum absolute atomic E-state index is 0.0471. The molecular weight excluding hydrogens is 345 g/mol. The van der Waals surface area contributed by atoms with Crippen LogP contribution in [0.15, 0.2) is 30.6 Å². The molecule has 2 aromatic rings. The number of hydrogen-bond acceptors (Lipinski definition) is 5. The molecule has 1 amide bonds. The maximum absolute atomic E-state index is 14.0. The van der Waals surface area contributed by atoms with Crippen molar-refractivity contribution in [3.63, 3.8) is 0 Å².